The molecule has 22 heavy (non-hydrogen) atoms. The van der Waals surface area contributed by atoms with E-state index in [2.05, 4.69) is 32.9 Å². The van der Waals surface area contributed by atoms with Crippen LogP contribution in [0.25, 0.3) is 0 Å². The number of aliphatic imine (C=N–C) groups is 1. The maximum absolute atomic E-state index is 11.2. The summed E-state index contributed by atoms with van der Waals surface area (Å²) >= 11 is 1.77. The van der Waals surface area contributed by atoms with Gasteiger partial charge in [-0.15, -0.1) is 11.3 Å². The summed E-state index contributed by atoms with van der Waals surface area (Å²) in [5.41, 5.74) is 0. The average molecular weight is 323 g/mol. The van der Waals surface area contributed by atoms with Crippen molar-refractivity contribution in [3.05, 3.63) is 16.1 Å². The lowest BCUT2D eigenvalue weighted by Gasteiger charge is -2.25. The molecule has 3 N–H and O–H groups in total. The third-order valence-electron chi connectivity index (χ3n) is 3.50. The predicted octanol–water partition coefficient (Wildman–Crippen LogP) is 1.08. The molecule has 1 aliphatic rings. The van der Waals surface area contributed by atoms with Crippen LogP contribution in [0.4, 0.5) is 0 Å². The van der Waals surface area contributed by atoms with Crippen LogP contribution in [-0.2, 0) is 17.6 Å². The normalized spacial score (nSPS) is 18.9. The molecule has 0 aromatic carbocycles. The molecule has 1 atom stereocenters. The van der Waals surface area contributed by atoms with Crippen LogP contribution in [0.2, 0.25) is 0 Å². The standard InChI is InChI=1S/C15H25N5OS/c1-3-12-10-19-14(22-12)7-8-17-15(16-4-2)20-11-5-6-13(21)18-9-11/h10-11H,3-9H2,1-2H3,(H,18,21)(H2,16,17,20). The minimum absolute atomic E-state index is 0.135. The van der Waals surface area contributed by atoms with E-state index in [0.717, 1.165) is 36.8 Å². The minimum atomic E-state index is 0.135. The molecular weight excluding hydrogens is 298 g/mol. The van der Waals surface area contributed by atoms with Gasteiger partial charge in [0.15, 0.2) is 5.96 Å². The number of rotatable bonds is 6. The topological polar surface area (TPSA) is 78.4 Å². The number of aryl methyl sites for hydroxylation is 1. The largest absolute Gasteiger partial charge is 0.357 e. The number of carbonyl (C=O) groups is 1. The van der Waals surface area contributed by atoms with E-state index >= 15 is 0 Å². The monoisotopic (exact) mass is 323 g/mol. The van der Waals surface area contributed by atoms with Gasteiger partial charge >= 0.3 is 0 Å². The quantitative estimate of drug-likeness (QED) is 0.541. The maximum atomic E-state index is 11.2. The van der Waals surface area contributed by atoms with Crippen molar-refractivity contribution in [1.82, 2.24) is 20.9 Å². The molecular formula is C15H25N5OS. The molecule has 1 aromatic heterocycles. The van der Waals surface area contributed by atoms with Crippen molar-refractivity contribution in [2.75, 3.05) is 19.6 Å². The molecule has 1 amide bonds. The Morgan fingerprint density at radius 3 is 3.05 bits per heavy atom. The van der Waals surface area contributed by atoms with Crippen molar-refractivity contribution < 1.29 is 4.79 Å². The molecule has 0 saturated carbocycles. The molecule has 6 nitrogen and oxygen atoms in total. The second-order valence-electron chi connectivity index (χ2n) is 5.27. The van der Waals surface area contributed by atoms with Gasteiger partial charge in [-0.1, -0.05) is 6.92 Å². The number of aromatic nitrogens is 1. The van der Waals surface area contributed by atoms with E-state index in [1.807, 2.05) is 13.1 Å². The van der Waals surface area contributed by atoms with Crippen LogP contribution in [-0.4, -0.2) is 42.5 Å². The zero-order valence-electron chi connectivity index (χ0n) is 13.3. The van der Waals surface area contributed by atoms with E-state index in [4.69, 9.17) is 0 Å². The first-order chi connectivity index (χ1) is 10.7. The van der Waals surface area contributed by atoms with Gasteiger partial charge < -0.3 is 16.0 Å². The molecule has 0 bridgehead atoms. The van der Waals surface area contributed by atoms with Crippen LogP contribution in [0.1, 0.15) is 36.6 Å². The van der Waals surface area contributed by atoms with Gasteiger partial charge in [-0.3, -0.25) is 9.79 Å². The van der Waals surface area contributed by atoms with Gasteiger partial charge in [0.1, 0.15) is 0 Å². The van der Waals surface area contributed by atoms with E-state index in [9.17, 15) is 4.79 Å². The van der Waals surface area contributed by atoms with E-state index in [0.29, 0.717) is 19.5 Å². The lowest BCUT2D eigenvalue weighted by atomic mass is 10.1. The fourth-order valence-corrected chi connectivity index (χ4v) is 3.11. The van der Waals surface area contributed by atoms with E-state index < -0.39 is 0 Å². The molecule has 1 aliphatic heterocycles. The number of guanidine groups is 1. The van der Waals surface area contributed by atoms with Gasteiger partial charge in [-0.25, -0.2) is 4.98 Å². The number of carbonyl (C=O) groups excluding carboxylic acids is 1. The van der Waals surface area contributed by atoms with Crippen LogP contribution in [0, 0.1) is 0 Å². The maximum Gasteiger partial charge on any atom is 0.220 e. The number of hydrogen-bond donors (Lipinski definition) is 3. The summed E-state index contributed by atoms with van der Waals surface area (Å²) in [5.74, 6) is 0.950. The van der Waals surface area contributed by atoms with Crippen molar-refractivity contribution in [3.63, 3.8) is 0 Å². The number of nitrogens with one attached hydrogen (secondary N) is 3. The highest BCUT2D eigenvalue weighted by Gasteiger charge is 2.18. The predicted molar refractivity (Wildman–Crippen MR) is 90.3 cm³/mol. The molecule has 1 saturated heterocycles. The smallest absolute Gasteiger partial charge is 0.220 e. The van der Waals surface area contributed by atoms with Gasteiger partial charge in [0.2, 0.25) is 5.91 Å². The second-order valence-corrected chi connectivity index (χ2v) is 6.47. The van der Waals surface area contributed by atoms with Crippen molar-refractivity contribution in [1.29, 1.82) is 0 Å². The van der Waals surface area contributed by atoms with Crippen molar-refractivity contribution in [3.8, 4) is 0 Å². The van der Waals surface area contributed by atoms with Gasteiger partial charge in [-0.05, 0) is 19.8 Å². The van der Waals surface area contributed by atoms with Gasteiger partial charge in [0.05, 0.1) is 5.01 Å². The average Bonchev–Trinajstić information content (AvgIpc) is 2.98. The molecule has 0 radical (unpaired) electrons. The summed E-state index contributed by atoms with van der Waals surface area (Å²) in [6, 6.07) is 0.252. The van der Waals surface area contributed by atoms with Crippen molar-refractivity contribution in [2.24, 2.45) is 4.99 Å². The second kappa shape index (κ2) is 8.73. The fourth-order valence-electron chi connectivity index (χ4n) is 2.26. The highest BCUT2D eigenvalue weighted by molar-refractivity contribution is 7.11. The van der Waals surface area contributed by atoms with Crippen molar-refractivity contribution >= 4 is 23.2 Å². The lowest BCUT2D eigenvalue weighted by molar-refractivity contribution is -0.122. The van der Waals surface area contributed by atoms with Crippen LogP contribution in [0.3, 0.4) is 0 Å². The number of nitrogens with zero attached hydrogens (tertiary/aromatic N) is 2. The van der Waals surface area contributed by atoms with Gasteiger partial charge in [-0.2, -0.15) is 0 Å². The van der Waals surface area contributed by atoms with E-state index in [1.165, 1.54) is 4.88 Å². The number of hydrogen-bond acceptors (Lipinski definition) is 4. The fraction of sp³-hybridized carbons (Fsp3) is 0.667. The number of amides is 1. The Morgan fingerprint density at radius 2 is 2.41 bits per heavy atom. The molecule has 1 aromatic rings. The molecule has 1 fully saturated rings. The molecule has 2 rings (SSSR count). The first kappa shape index (κ1) is 16.7. The zero-order valence-corrected chi connectivity index (χ0v) is 14.1. The van der Waals surface area contributed by atoms with Crippen LogP contribution in [0.5, 0.6) is 0 Å². The highest BCUT2D eigenvalue weighted by Crippen LogP contribution is 2.13. The first-order valence-corrected chi connectivity index (χ1v) is 8.78. The Balaban J connectivity index is 1.82. The number of thiazole rings is 1. The first-order valence-electron chi connectivity index (χ1n) is 7.96. The number of piperidine rings is 1. The summed E-state index contributed by atoms with van der Waals surface area (Å²) in [5, 5.41) is 10.7. The van der Waals surface area contributed by atoms with E-state index in [-0.39, 0.29) is 11.9 Å². The summed E-state index contributed by atoms with van der Waals surface area (Å²) in [7, 11) is 0. The van der Waals surface area contributed by atoms with Gasteiger partial charge in [0, 0.05) is 49.6 Å². The molecule has 1 unspecified atom stereocenters. The zero-order chi connectivity index (χ0) is 15.8. The molecule has 2 heterocycles. The highest BCUT2D eigenvalue weighted by atomic mass is 32.1. The summed E-state index contributed by atoms with van der Waals surface area (Å²) in [4.78, 5) is 21.5. The third-order valence-corrected chi connectivity index (χ3v) is 4.70. The summed E-state index contributed by atoms with van der Waals surface area (Å²) in [6.07, 6.45) is 5.29. The molecule has 0 spiro atoms. The Labute approximate surface area is 135 Å². The minimum Gasteiger partial charge on any atom is -0.357 e. The lowest BCUT2D eigenvalue weighted by Crippen LogP contribution is -2.51. The van der Waals surface area contributed by atoms with Crippen LogP contribution < -0.4 is 16.0 Å². The molecule has 122 valence electrons. The Bertz CT molecular complexity index is 504. The van der Waals surface area contributed by atoms with Crippen LogP contribution >= 0.6 is 11.3 Å². The SMILES string of the molecule is CCNC(=NCCc1ncc(CC)s1)NC1CCC(=O)NC1. The summed E-state index contributed by atoms with van der Waals surface area (Å²) < 4.78 is 0. The molecule has 7 heteroatoms. The third kappa shape index (κ3) is 5.29. The van der Waals surface area contributed by atoms with E-state index in [1.54, 1.807) is 11.3 Å². The summed E-state index contributed by atoms with van der Waals surface area (Å²) in [6.45, 7) is 6.39. The van der Waals surface area contributed by atoms with Gasteiger partial charge in [0.25, 0.3) is 0 Å². The Kier molecular flexibility index (Phi) is 6.64. The Hall–Kier alpha value is -1.63. The Morgan fingerprint density at radius 1 is 1.55 bits per heavy atom. The van der Waals surface area contributed by atoms with Crippen LogP contribution in [0.15, 0.2) is 11.2 Å². The molecule has 0 aliphatic carbocycles. The van der Waals surface area contributed by atoms with Crippen molar-refractivity contribution in [2.45, 2.75) is 45.6 Å².